The minimum absolute atomic E-state index is 0.129. The Morgan fingerprint density at radius 2 is 2.06 bits per heavy atom. The highest BCUT2D eigenvalue weighted by molar-refractivity contribution is 6.30. The van der Waals surface area contributed by atoms with Crippen LogP contribution in [0.4, 0.5) is 0 Å². The zero-order chi connectivity index (χ0) is 12.0. The van der Waals surface area contributed by atoms with Gasteiger partial charge in [-0.3, -0.25) is 4.79 Å². The van der Waals surface area contributed by atoms with Crippen molar-refractivity contribution in [3.8, 4) is 5.75 Å². The fraction of sp³-hybridized carbons (Fsp3) is 0.417. The monoisotopic (exact) mass is 241 g/mol. The lowest BCUT2D eigenvalue weighted by Gasteiger charge is -2.07. The molecule has 88 valence electrons. The topological polar surface area (TPSA) is 38.3 Å². The van der Waals surface area contributed by atoms with E-state index in [1.54, 1.807) is 14.0 Å². The Morgan fingerprint density at radius 1 is 1.44 bits per heavy atom. The number of benzene rings is 1. The molecule has 1 aromatic carbocycles. The molecule has 3 nitrogen and oxygen atoms in total. The van der Waals surface area contributed by atoms with Gasteiger partial charge in [0, 0.05) is 6.54 Å². The summed E-state index contributed by atoms with van der Waals surface area (Å²) >= 11 is 5.62. The lowest BCUT2D eigenvalue weighted by Crippen LogP contribution is -2.31. The van der Waals surface area contributed by atoms with Crippen molar-refractivity contribution >= 4 is 17.5 Å². The fourth-order valence-electron chi connectivity index (χ4n) is 1.26. The second kappa shape index (κ2) is 6.38. The van der Waals surface area contributed by atoms with E-state index in [4.69, 9.17) is 16.3 Å². The summed E-state index contributed by atoms with van der Waals surface area (Å²) in [6.45, 7) is 2.26. The van der Waals surface area contributed by atoms with E-state index in [-0.39, 0.29) is 5.91 Å². The van der Waals surface area contributed by atoms with E-state index in [1.807, 2.05) is 24.3 Å². The Bertz CT molecular complexity index is 335. The van der Waals surface area contributed by atoms with Gasteiger partial charge in [0.1, 0.15) is 11.1 Å². The van der Waals surface area contributed by atoms with Crippen LogP contribution in [0.5, 0.6) is 5.75 Å². The molecule has 0 saturated heterocycles. The molecule has 0 fully saturated rings. The number of rotatable bonds is 5. The summed E-state index contributed by atoms with van der Waals surface area (Å²) < 4.78 is 5.06. The summed E-state index contributed by atoms with van der Waals surface area (Å²) in [5.74, 6) is 0.706. The third kappa shape index (κ3) is 4.11. The van der Waals surface area contributed by atoms with Crippen LogP contribution in [-0.4, -0.2) is 24.9 Å². The highest BCUT2D eigenvalue weighted by atomic mass is 35.5. The molecule has 16 heavy (non-hydrogen) atoms. The molecule has 4 heteroatoms. The predicted octanol–water partition coefficient (Wildman–Crippen LogP) is 1.98. The SMILES string of the molecule is COc1ccc(CCNC(=O)C(C)Cl)cc1. The molecule has 1 amide bonds. The number of halogens is 1. The van der Waals surface area contributed by atoms with E-state index in [0.29, 0.717) is 6.54 Å². The van der Waals surface area contributed by atoms with Crippen LogP contribution >= 0.6 is 11.6 Å². The zero-order valence-electron chi connectivity index (χ0n) is 9.50. The van der Waals surface area contributed by atoms with Gasteiger partial charge in [-0.05, 0) is 31.0 Å². The largest absolute Gasteiger partial charge is 0.497 e. The molecule has 1 rings (SSSR count). The van der Waals surface area contributed by atoms with Gasteiger partial charge in [0.15, 0.2) is 0 Å². The maximum Gasteiger partial charge on any atom is 0.237 e. The lowest BCUT2D eigenvalue weighted by atomic mass is 10.1. The van der Waals surface area contributed by atoms with Gasteiger partial charge in [-0.1, -0.05) is 12.1 Å². The van der Waals surface area contributed by atoms with Gasteiger partial charge in [-0.2, -0.15) is 0 Å². The molecule has 0 spiro atoms. The molecule has 0 bridgehead atoms. The number of carbonyl (C=O) groups is 1. The summed E-state index contributed by atoms with van der Waals surface area (Å²) in [6.07, 6.45) is 0.791. The third-order valence-electron chi connectivity index (χ3n) is 2.23. The second-order valence-electron chi connectivity index (χ2n) is 3.51. The Morgan fingerprint density at radius 3 is 2.56 bits per heavy atom. The Hall–Kier alpha value is -1.22. The highest BCUT2D eigenvalue weighted by Gasteiger charge is 2.07. The molecule has 1 atom stereocenters. The molecule has 0 radical (unpaired) electrons. The van der Waals surface area contributed by atoms with Crippen LogP contribution in [0.15, 0.2) is 24.3 Å². The van der Waals surface area contributed by atoms with Crippen LogP contribution in [0.3, 0.4) is 0 Å². The van der Waals surface area contributed by atoms with Gasteiger partial charge in [-0.25, -0.2) is 0 Å². The van der Waals surface area contributed by atoms with Crippen LogP contribution in [0, 0.1) is 0 Å². The summed E-state index contributed by atoms with van der Waals surface area (Å²) in [4.78, 5) is 11.2. The van der Waals surface area contributed by atoms with Crippen molar-refractivity contribution in [1.82, 2.24) is 5.32 Å². The number of amides is 1. The van der Waals surface area contributed by atoms with Crippen molar-refractivity contribution in [2.24, 2.45) is 0 Å². The fourth-order valence-corrected chi connectivity index (χ4v) is 1.34. The van der Waals surface area contributed by atoms with E-state index in [2.05, 4.69) is 5.32 Å². The van der Waals surface area contributed by atoms with Gasteiger partial charge in [-0.15, -0.1) is 11.6 Å². The zero-order valence-corrected chi connectivity index (χ0v) is 10.3. The molecule has 1 N–H and O–H groups in total. The van der Waals surface area contributed by atoms with E-state index in [0.717, 1.165) is 17.7 Å². The smallest absolute Gasteiger partial charge is 0.237 e. The van der Waals surface area contributed by atoms with Crippen molar-refractivity contribution in [2.45, 2.75) is 18.7 Å². The molecule has 0 aliphatic rings. The number of alkyl halides is 1. The van der Waals surface area contributed by atoms with Crippen molar-refractivity contribution in [3.63, 3.8) is 0 Å². The summed E-state index contributed by atoms with van der Waals surface area (Å²) in [7, 11) is 1.64. The van der Waals surface area contributed by atoms with Crippen molar-refractivity contribution in [1.29, 1.82) is 0 Å². The van der Waals surface area contributed by atoms with E-state index in [9.17, 15) is 4.79 Å². The average Bonchev–Trinajstić information content (AvgIpc) is 2.29. The predicted molar refractivity (Wildman–Crippen MR) is 65.0 cm³/mol. The second-order valence-corrected chi connectivity index (χ2v) is 4.16. The molecule has 0 aliphatic heterocycles. The summed E-state index contributed by atoms with van der Waals surface area (Å²) in [5.41, 5.74) is 1.16. The first-order valence-electron chi connectivity index (χ1n) is 5.18. The van der Waals surface area contributed by atoms with Crippen LogP contribution in [0.25, 0.3) is 0 Å². The molecular formula is C12H16ClNO2. The first kappa shape index (κ1) is 12.8. The number of carbonyl (C=O) groups excluding carboxylic acids is 1. The quantitative estimate of drug-likeness (QED) is 0.801. The van der Waals surface area contributed by atoms with Crippen molar-refractivity contribution < 1.29 is 9.53 Å². The number of nitrogens with one attached hydrogen (secondary N) is 1. The third-order valence-corrected chi connectivity index (χ3v) is 2.43. The van der Waals surface area contributed by atoms with E-state index >= 15 is 0 Å². The van der Waals surface area contributed by atoms with Gasteiger partial charge in [0.05, 0.1) is 7.11 Å². The lowest BCUT2D eigenvalue weighted by molar-refractivity contribution is -0.120. The molecular weight excluding hydrogens is 226 g/mol. The summed E-state index contributed by atoms with van der Waals surface area (Å²) in [5, 5.41) is 2.28. The molecule has 1 aromatic rings. The minimum Gasteiger partial charge on any atom is -0.497 e. The van der Waals surface area contributed by atoms with Crippen LogP contribution < -0.4 is 10.1 Å². The standard InChI is InChI=1S/C12H16ClNO2/c1-9(13)12(15)14-8-7-10-3-5-11(16-2)6-4-10/h3-6,9H,7-8H2,1-2H3,(H,14,15). The van der Waals surface area contributed by atoms with Gasteiger partial charge in [0.25, 0.3) is 0 Å². The first-order chi connectivity index (χ1) is 7.63. The number of hydrogen-bond acceptors (Lipinski definition) is 2. The van der Waals surface area contributed by atoms with Crippen LogP contribution in [0.2, 0.25) is 0 Å². The summed E-state index contributed by atoms with van der Waals surface area (Å²) in [6, 6.07) is 7.77. The number of methoxy groups -OCH3 is 1. The maximum atomic E-state index is 11.2. The van der Waals surface area contributed by atoms with Crippen molar-refractivity contribution in [2.75, 3.05) is 13.7 Å². The molecule has 0 saturated carbocycles. The molecule has 0 aromatic heterocycles. The van der Waals surface area contributed by atoms with E-state index < -0.39 is 5.38 Å². The minimum atomic E-state index is -0.476. The first-order valence-corrected chi connectivity index (χ1v) is 5.62. The van der Waals surface area contributed by atoms with Crippen LogP contribution in [-0.2, 0) is 11.2 Å². The Kier molecular flexibility index (Phi) is 5.12. The molecule has 0 aliphatic carbocycles. The Labute approximate surface area is 101 Å². The van der Waals surface area contributed by atoms with Crippen LogP contribution in [0.1, 0.15) is 12.5 Å². The average molecular weight is 242 g/mol. The normalized spacial score (nSPS) is 11.9. The van der Waals surface area contributed by atoms with Crippen molar-refractivity contribution in [3.05, 3.63) is 29.8 Å². The number of ether oxygens (including phenoxy) is 1. The Balaban J connectivity index is 2.34. The van der Waals surface area contributed by atoms with Gasteiger partial charge < -0.3 is 10.1 Å². The number of hydrogen-bond donors (Lipinski definition) is 1. The molecule has 0 heterocycles. The maximum absolute atomic E-state index is 11.2. The van der Waals surface area contributed by atoms with Gasteiger partial charge in [0.2, 0.25) is 5.91 Å². The highest BCUT2D eigenvalue weighted by Crippen LogP contribution is 2.11. The molecule has 1 unspecified atom stereocenters. The van der Waals surface area contributed by atoms with E-state index in [1.165, 1.54) is 0 Å². The van der Waals surface area contributed by atoms with Gasteiger partial charge >= 0.3 is 0 Å².